The van der Waals surface area contributed by atoms with Crippen LogP contribution in [0.3, 0.4) is 0 Å². The minimum absolute atomic E-state index is 0.300. The highest BCUT2D eigenvalue weighted by molar-refractivity contribution is 5.37. The van der Waals surface area contributed by atoms with E-state index in [0.29, 0.717) is 6.61 Å². The Balaban J connectivity index is 1.97. The molecule has 1 aromatic rings. The van der Waals surface area contributed by atoms with E-state index >= 15 is 0 Å². The lowest BCUT2D eigenvalue weighted by Gasteiger charge is -2.18. The molecule has 3 heteroatoms. The average molecular weight is 236 g/mol. The zero-order valence-electron chi connectivity index (χ0n) is 10.6. The number of hydrogen-bond acceptors (Lipinski definition) is 3. The summed E-state index contributed by atoms with van der Waals surface area (Å²) in [4.78, 5) is 0. The van der Waals surface area contributed by atoms with Crippen molar-refractivity contribution in [3.05, 3.63) is 29.3 Å². The van der Waals surface area contributed by atoms with E-state index < -0.39 is 0 Å². The van der Waals surface area contributed by atoms with Gasteiger partial charge in [0, 0.05) is 14.2 Å². The van der Waals surface area contributed by atoms with Crippen LogP contribution >= 0.6 is 0 Å². The summed E-state index contributed by atoms with van der Waals surface area (Å²) in [5.41, 5.74) is 2.90. The lowest BCUT2D eigenvalue weighted by atomic mass is 9.92. The first-order valence-electron chi connectivity index (χ1n) is 6.13. The van der Waals surface area contributed by atoms with Gasteiger partial charge in [0.15, 0.2) is 6.29 Å². The van der Waals surface area contributed by atoms with Crippen molar-refractivity contribution in [2.24, 2.45) is 0 Å². The van der Waals surface area contributed by atoms with Gasteiger partial charge in [-0.05, 0) is 48.9 Å². The fraction of sp³-hybridized carbons (Fsp3) is 0.571. The third-order valence-electron chi connectivity index (χ3n) is 3.23. The van der Waals surface area contributed by atoms with Gasteiger partial charge in [0.25, 0.3) is 0 Å². The zero-order valence-corrected chi connectivity index (χ0v) is 10.6. The second-order valence-electron chi connectivity index (χ2n) is 4.35. The van der Waals surface area contributed by atoms with Crippen molar-refractivity contribution in [2.75, 3.05) is 20.8 Å². The first-order valence-corrected chi connectivity index (χ1v) is 6.13. The van der Waals surface area contributed by atoms with E-state index in [1.807, 2.05) is 6.07 Å². The van der Waals surface area contributed by atoms with Crippen molar-refractivity contribution < 1.29 is 14.2 Å². The summed E-state index contributed by atoms with van der Waals surface area (Å²) < 4.78 is 15.8. The van der Waals surface area contributed by atoms with Crippen LogP contribution < -0.4 is 4.74 Å². The fourth-order valence-electron chi connectivity index (χ4n) is 2.20. The number of rotatable bonds is 5. The van der Waals surface area contributed by atoms with Gasteiger partial charge in [0.05, 0.1) is 0 Å². The van der Waals surface area contributed by atoms with E-state index in [-0.39, 0.29) is 6.29 Å². The number of aryl methyl sites for hydroxylation is 2. The van der Waals surface area contributed by atoms with E-state index in [0.717, 1.165) is 5.75 Å². The van der Waals surface area contributed by atoms with E-state index in [2.05, 4.69) is 12.1 Å². The molecule has 0 aliphatic heterocycles. The van der Waals surface area contributed by atoms with Crippen molar-refractivity contribution in [3.8, 4) is 5.75 Å². The van der Waals surface area contributed by atoms with E-state index in [1.54, 1.807) is 14.2 Å². The molecule has 3 nitrogen and oxygen atoms in total. The number of fused-ring (bicyclic) bond motifs is 1. The molecule has 0 N–H and O–H groups in total. The maximum atomic E-state index is 5.67. The van der Waals surface area contributed by atoms with Crippen LogP contribution in [-0.2, 0) is 22.3 Å². The summed E-state index contributed by atoms with van der Waals surface area (Å²) in [5, 5.41) is 0. The number of methoxy groups -OCH3 is 2. The van der Waals surface area contributed by atoms with Gasteiger partial charge in [-0.1, -0.05) is 6.07 Å². The Morgan fingerprint density at radius 1 is 1.06 bits per heavy atom. The van der Waals surface area contributed by atoms with Gasteiger partial charge in [-0.3, -0.25) is 0 Å². The summed E-state index contributed by atoms with van der Waals surface area (Å²) in [7, 11) is 3.23. The maximum Gasteiger partial charge on any atom is 0.191 e. The van der Waals surface area contributed by atoms with Crippen molar-refractivity contribution in [2.45, 2.75) is 32.0 Å². The predicted molar refractivity (Wildman–Crippen MR) is 66.4 cm³/mol. The summed E-state index contributed by atoms with van der Waals surface area (Å²) in [6.07, 6.45) is 4.67. The van der Waals surface area contributed by atoms with Crippen LogP contribution in [0.1, 0.15) is 24.0 Å². The monoisotopic (exact) mass is 236 g/mol. The van der Waals surface area contributed by atoms with Crippen LogP contribution in [0.2, 0.25) is 0 Å². The van der Waals surface area contributed by atoms with Crippen LogP contribution in [0.15, 0.2) is 18.2 Å². The van der Waals surface area contributed by atoms with Crippen LogP contribution in [0.4, 0.5) is 0 Å². The molecule has 0 unspecified atom stereocenters. The predicted octanol–water partition coefficient (Wildman–Crippen LogP) is 2.56. The maximum absolute atomic E-state index is 5.67. The molecule has 0 fully saturated rings. The molecule has 1 aliphatic rings. The number of benzene rings is 1. The highest BCUT2D eigenvalue weighted by atomic mass is 16.7. The largest absolute Gasteiger partial charge is 0.488 e. The van der Waals surface area contributed by atoms with Gasteiger partial charge < -0.3 is 14.2 Å². The molecule has 1 aromatic carbocycles. The Hall–Kier alpha value is -1.06. The van der Waals surface area contributed by atoms with E-state index in [9.17, 15) is 0 Å². The highest BCUT2D eigenvalue weighted by Gasteiger charge is 2.11. The quantitative estimate of drug-likeness (QED) is 0.735. The molecule has 1 aliphatic carbocycles. The molecule has 0 spiro atoms. The first kappa shape index (κ1) is 12.4. The van der Waals surface area contributed by atoms with Gasteiger partial charge in [-0.2, -0.15) is 0 Å². The van der Waals surface area contributed by atoms with E-state index in [1.165, 1.54) is 36.8 Å². The van der Waals surface area contributed by atoms with Gasteiger partial charge in [-0.25, -0.2) is 0 Å². The summed E-state index contributed by atoms with van der Waals surface area (Å²) in [6.45, 7) is 0.422. The van der Waals surface area contributed by atoms with Gasteiger partial charge >= 0.3 is 0 Å². The zero-order chi connectivity index (χ0) is 12.1. The lowest BCUT2D eigenvalue weighted by molar-refractivity contribution is -0.121. The molecule has 94 valence electrons. The van der Waals surface area contributed by atoms with Crippen LogP contribution in [0, 0.1) is 0 Å². The molecular formula is C14H20O3. The fourth-order valence-corrected chi connectivity index (χ4v) is 2.20. The molecule has 17 heavy (non-hydrogen) atoms. The Labute approximate surface area is 103 Å². The molecule has 0 saturated carbocycles. The van der Waals surface area contributed by atoms with Gasteiger partial charge in [-0.15, -0.1) is 0 Å². The van der Waals surface area contributed by atoms with Gasteiger partial charge in [0.2, 0.25) is 0 Å². The first-order chi connectivity index (χ1) is 8.33. The SMILES string of the molecule is COC(COc1ccc2c(c1)CCCC2)OC. The third-order valence-corrected chi connectivity index (χ3v) is 3.23. The van der Waals surface area contributed by atoms with Crippen LogP contribution in [0.25, 0.3) is 0 Å². The molecule has 0 atom stereocenters. The minimum atomic E-state index is -0.300. The molecule has 0 radical (unpaired) electrons. The standard InChI is InChI=1S/C14H20O3/c1-15-14(16-2)10-17-13-8-7-11-5-3-4-6-12(11)9-13/h7-9,14H,3-6,10H2,1-2H3. The van der Waals surface area contributed by atoms with Crippen LogP contribution in [0.5, 0.6) is 5.75 Å². The topological polar surface area (TPSA) is 27.7 Å². The van der Waals surface area contributed by atoms with Crippen molar-refractivity contribution in [3.63, 3.8) is 0 Å². The molecule has 0 aromatic heterocycles. The summed E-state index contributed by atoms with van der Waals surface area (Å²) in [5.74, 6) is 0.907. The van der Waals surface area contributed by atoms with Crippen molar-refractivity contribution in [1.82, 2.24) is 0 Å². The number of hydrogen-bond donors (Lipinski definition) is 0. The second-order valence-corrected chi connectivity index (χ2v) is 4.35. The minimum Gasteiger partial charge on any atom is -0.488 e. The third kappa shape index (κ3) is 3.20. The lowest BCUT2D eigenvalue weighted by Crippen LogP contribution is -2.22. The van der Waals surface area contributed by atoms with E-state index in [4.69, 9.17) is 14.2 Å². The van der Waals surface area contributed by atoms with Crippen molar-refractivity contribution >= 4 is 0 Å². The highest BCUT2D eigenvalue weighted by Crippen LogP contribution is 2.25. The Morgan fingerprint density at radius 3 is 2.47 bits per heavy atom. The Kier molecular flexibility index (Phi) is 4.40. The molecule has 2 rings (SSSR count). The molecule has 0 bridgehead atoms. The van der Waals surface area contributed by atoms with Gasteiger partial charge in [0.1, 0.15) is 12.4 Å². The normalized spacial score (nSPS) is 14.8. The average Bonchev–Trinajstić information content (AvgIpc) is 2.40. The Morgan fingerprint density at radius 2 is 1.76 bits per heavy atom. The smallest absolute Gasteiger partial charge is 0.191 e. The second kappa shape index (κ2) is 6.03. The van der Waals surface area contributed by atoms with Crippen LogP contribution in [-0.4, -0.2) is 27.1 Å². The molecule has 0 amide bonds. The van der Waals surface area contributed by atoms with Crippen molar-refractivity contribution in [1.29, 1.82) is 0 Å². The molecule has 0 heterocycles. The Bertz CT molecular complexity index is 358. The summed E-state index contributed by atoms with van der Waals surface area (Å²) in [6, 6.07) is 6.36. The molecular weight excluding hydrogens is 216 g/mol. The molecule has 0 saturated heterocycles. The summed E-state index contributed by atoms with van der Waals surface area (Å²) >= 11 is 0. The number of ether oxygens (including phenoxy) is 3.